The molecule has 0 fully saturated rings. The normalized spacial score (nSPS) is 11.3. The van der Waals surface area contributed by atoms with Crippen molar-refractivity contribution in [2.75, 3.05) is 7.11 Å². The molecule has 0 bridgehead atoms. The maximum atomic E-state index is 5.32. The molecule has 19 heavy (non-hydrogen) atoms. The second-order valence-corrected chi connectivity index (χ2v) is 5.93. The van der Waals surface area contributed by atoms with Gasteiger partial charge in [0, 0.05) is 35.7 Å². The van der Waals surface area contributed by atoms with E-state index in [0.717, 1.165) is 27.9 Å². The Morgan fingerprint density at radius 1 is 1.32 bits per heavy atom. The average molecular weight is 294 g/mol. The van der Waals surface area contributed by atoms with Crippen LogP contribution in [0, 0.1) is 6.92 Å². The zero-order valence-corrected chi connectivity index (χ0v) is 12.3. The lowest BCUT2D eigenvalue weighted by molar-refractivity contribution is 0.393. The molecule has 0 saturated heterocycles. The number of aromatic nitrogens is 3. The van der Waals surface area contributed by atoms with Gasteiger partial charge in [0.15, 0.2) is 4.96 Å². The van der Waals surface area contributed by atoms with E-state index in [9.17, 15) is 0 Å². The molecule has 0 atom stereocenters. The second kappa shape index (κ2) is 5.28. The number of aryl methyl sites for hydroxylation is 1. The first-order valence-corrected chi connectivity index (χ1v) is 7.64. The van der Waals surface area contributed by atoms with E-state index < -0.39 is 0 Å². The number of nitrogens with one attached hydrogen (secondary N) is 1. The Labute approximate surface area is 118 Å². The molecule has 0 amide bonds. The van der Waals surface area contributed by atoms with Crippen molar-refractivity contribution >= 4 is 27.6 Å². The van der Waals surface area contributed by atoms with E-state index in [0.29, 0.717) is 12.4 Å². The largest absolute Gasteiger partial charge is 0.480 e. The molecule has 0 aromatic carbocycles. The monoisotopic (exact) mass is 294 g/mol. The molecule has 7 heteroatoms. The molecule has 0 radical (unpaired) electrons. The van der Waals surface area contributed by atoms with Gasteiger partial charge in [0.2, 0.25) is 5.88 Å². The fourth-order valence-corrected chi connectivity index (χ4v) is 3.37. The molecule has 3 heterocycles. The minimum absolute atomic E-state index is 0.690. The van der Waals surface area contributed by atoms with Crippen LogP contribution in [-0.4, -0.2) is 21.5 Å². The van der Waals surface area contributed by atoms with Gasteiger partial charge in [0.1, 0.15) is 10.7 Å². The van der Waals surface area contributed by atoms with Crippen LogP contribution >= 0.6 is 22.7 Å². The molecule has 5 nitrogen and oxygen atoms in total. The molecule has 0 unspecified atom stereocenters. The van der Waals surface area contributed by atoms with Gasteiger partial charge in [-0.25, -0.2) is 4.98 Å². The Morgan fingerprint density at radius 3 is 2.95 bits per heavy atom. The molecular weight excluding hydrogens is 280 g/mol. The summed E-state index contributed by atoms with van der Waals surface area (Å²) in [7, 11) is 1.65. The summed E-state index contributed by atoms with van der Waals surface area (Å²) < 4.78 is 7.38. The topological polar surface area (TPSA) is 51.5 Å². The minimum atomic E-state index is 0.690. The van der Waals surface area contributed by atoms with Crippen molar-refractivity contribution in [1.82, 2.24) is 19.7 Å². The Morgan fingerprint density at radius 2 is 2.21 bits per heavy atom. The number of rotatable bonds is 5. The van der Waals surface area contributed by atoms with Gasteiger partial charge in [0.25, 0.3) is 0 Å². The number of imidazole rings is 1. The molecule has 3 rings (SSSR count). The van der Waals surface area contributed by atoms with Crippen LogP contribution in [0.15, 0.2) is 17.0 Å². The van der Waals surface area contributed by atoms with Gasteiger partial charge in [-0.2, -0.15) is 4.98 Å². The summed E-state index contributed by atoms with van der Waals surface area (Å²) in [5, 5.41) is 8.57. The molecule has 0 aliphatic heterocycles. The highest BCUT2D eigenvalue weighted by molar-refractivity contribution is 7.15. The number of hydrogen-bond acceptors (Lipinski definition) is 6. The van der Waals surface area contributed by atoms with E-state index in [2.05, 4.69) is 25.1 Å². The van der Waals surface area contributed by atoms with Crippen molar-refractivity contribution < 1.29 is 4.74 Å². The molecular formula is C12H14N4OS2. The van der Waals surface area contributed by atoms with E-state index in [1.165, 1.54) is 0 Å². The summed E-state index contributed by atoms with van der Waals surface area (Å²) in [5.41, 5.74) is 2.12. The van der Waals surface area contributed by atoms with Crippen LogP contribution in [-0.2, 0) is 13.1 Å². The highest BCUT2D eigenvalue weighted by atomic mass is 32.1. The number of nitrogens with zero attached hydrogens (tertiary/aromatic N) is 3. The number of ether oxygens (including phenoxy) is 1. The Bertz CT molecular complexity index is 685. The zero-order valence-electron chi connectivity index (χ0n) is 10.7. The quantitative estimate of drug-likeness (QED) is 0.785. The number of methoxy groups -OCH3 is 1. The van der Waals surface area contributed by atoms with Crippen LogP contribution in [0.3, 0.4) is 0 Å². The van der Waals surface area contributed by atoms with E-state index in [4.69, 9.17) is 4.74 Å². The van der Waals surface area contributed by atoms with Crippen molar-refractivity contribution in [1.29, 1.82) is 0 Å². The van der Waals surface area contributed by atoms with E-state index in [-0.39, 0.29) is 0 Å². The summed E-state index contributed by atoms with van der Waals surface area (Å²) in [6.07, 6.45) is 2.01. The van der Waals surface area contributed by atoms with Crippen molar-refractivity contribution in [2.24, 2.45) is 0 Å². The van der Waals surface area contributed by atoms with Gasteiger partial charge >= 0.3 is 0 Å². The lowest BCUT2D eigenvalue weighted by atomic mass is 10.4. The fourth-order valence-electron chi connectivity index (χ4n) is 1.91. The Kier molecular flexibility index (Phi) is 3.50. The third-order valence-corrected chi connectivity index (χ3v) is 4.48. The SMILES string of the molecule is COc1nc2sccn2c1CNCc1nc(C)cs1. The van der Waals surface area contributed by atoms with E-state index in [1.807, 2.05) is 18.5 Å². The smallest absolute Gasteiger partial charge is 0.237 e. The molecule has 100 valence electrons. The maximum Gasteiger partial charge on any atom is 0.237 e. The van der Waals surface area contributed by atoms with E-state index in [1.54, 1.807) is 29.8 Å². The lowest BCUT2D eigenvalue weighted by Crippen LogP contribution is -2.14. The number of thiazole rings is 2. The van der Waals surface area contributed by atoms with Gasteiger partial charge in [0.05, 0.1) is 7.11 Å². The van der Waals surface area contributed by atoms with Gasteiger partial charge in [-0.05, 0) is 6.92 Å². The standard InChI is InChI=1S/C12H14N4OS2/c1-8-7-19-10(14-8)6-13-5-9-11(17-2)15-12-16(9)3-4-18-12/h3-4,7,13H,5-6H2,1-2H3. The number of fused-ring (bicyclic) bond motifs is 1. The molecule has 3 aromatic rings. The Balaban J connectivity index is 1.72. The van der Waals surface area contributed by atoms with Crippen LogP contribution in [0.5, 0.6) is 5.88 Å². The molecule has 0 aliphatic carbocycles. The zero-order chi connectivity index (χ0) is 13.2. The highest BCUT2D eigenvalue weighted by Gasteiger charge is 2.13. The first-order valence-electron chi connectivity index (χ1n) is 5.88. The highest BCUT2D eigenvalue weighted by Crippen LogP contribution is 2.22. The molecule has 3 aromatic heterocycles. The summed E-state index contributed by atoms with van der Waals surface area (Å²) in [6, 6.07) is 0. The molecule has 1 N–H and O–H groups in total. The van der Waals surface area contributed by atoms with Crippen molar-refractivity contribution in [3.05, 3.63) is 33.4 Å². The summed E-state index contributed by atoms with van der Waals surface area (Å²) in [4.78, 5) is 9.81. The third kappa shape index (κ3) is 2.49. The van der Waals surface area contributed by atoms with Crippen LogP contribution < -0.4 is 10.1 Å². The average Bonchev–Trinajstić information content (AvgIpc) is 3.06. The first kappa shape index (κ1) is 12.6. The van der Waals surface area contributed by atoms with Gasteiger partial charge < -0.3 is 10.1 Å². The molecule has 0 saturated carbocycles. The van der Waals surface area contributed by atoms with Crippen LogP contribution in [0.1, 0.15) is 16.4 Å². The predicted octanol–water partition coefficient (Wildman–Crippen LogP) is 2.46. The fraction of sp³-hybridized carbons (Fsp3) is 0.333. The summed E-state index contributed by atoms with van der Waals surface area (Å²) >= 11 is 3.28. The van der Waals surface area contributed by atoms with Crippen LogP contribution in [0.25, 0.3) is 4.96 Å². The number of hydrogen-bond donors (Lipinski definition) is 1. The molecule has 0 aliphatic rings. The minimum Gasteiger partial charge on any atom is -0.480 e. The van der Waals surface area contributed by atoms with Crippen molar-refractivity contribution in [2.45, 2.75) is 20.0 Å². The predicted molar refractivity (Wildman–Crippen MR) is 77.0 cm³/mol. The van der Waals surface area contributed by atoms with Crippen molar-refractivity contribution in [3.8, 4) is 5.88 Å². The maximum absolute atomic E-state index is 5.32. The van der Waals surface area contributed by atoms with Crippen molar-refractivity contribution in [3.63, 3.8) is 0 Å². The molecule has 0 spiro atoms. The van der Waals surface area contributed by atoms with Crippen LogP contribution in [0.2, 0.25) is 0 Å². The summed E-state index contributed by atoms with van der Waals surface area (Å²) in [5.74, 6) is 0.690. The van der Waals surface area contributed by atoms with E-state index >= 15 is 0 Å². The third-order valence-electron chi connectivity index (χ3n) is 2.75. The lowest BCUT2D eigenvalue weighted by Gasteiger charge is -2.04. The van der Waals surface area contributed by atoms with Crippen LogP contribution in [0.4, 0.5) is 0 Å². The van der Waals surface area contributed by atoms with Gasteiger partial charge in [-0.3, -0.25) is 4.40 Å². The first-order chi connectivity index (χ1) is 9.28. The second-order valence-electron chi connectivity index (χ2n) is 4.11. The summed E-state index contributed by atoms with van der Waals surface area (Å²) in [6.45, 7) is 3.48. The Hall–Kier alpha value is -1.44. The van der Waals surface area contributed by atoms with Gasteiger partial charge in [-0.15, -0.1) is 22.7 Å². The van der Waals surface area contributed by atoms with Gasteiger partial charge in [-0.1, -0.05) is 0 Å².